The van der Waals surface area contributed by atoms with Crippen LogP contribution in [0.1, 0.15) is 21.9 Å². The number of hydrogen-bond donors (Lipinski definition) is 1. The summed E-state index contributed by atoms with van der Waals surface area (Å²) in [5, 5.41) is 9.50. The maximum Gasteiger partial charge on any atom is 0.255 e. The van der Waals surface area contributed by atoms with Crippen molar-refractivity contribution in [2.45, 2.75) is 13.5 Å². The minimum atomic E-state index is -0.247. The Hall–Kier alpha value is -1.85. The molecule has 0 atom stereocenters. The molecule has 1 amide bonds. The number of carbonyl (C=O) groups excluding carboxylic acids is 1. The lowest BCUT2D eigenvalue weighted by molar-refractivity contribution is 0.0694. The van der Waals surface area contributed by atoms with E-state index in [9.17, 15) is 4.79 Å². The quantitative estimate of drug-likeness (QED) is 0.918. The van der Waals surface area contributed by atoms with Crippen molar-refractivity contribution >= 4 is 17.5 Å². The van der Waals surface area contributed by atoms with E-state index >= 15 is 0 Å². The molecule has 0 aliphatic rings. The number of aromatic nitrogens is 1. The molecule has 2 aromatic rings. The van der Waals surface area contributed by atoms with Crippen LogP contribution in [-0.4, -0.2) is 34.0 Å². The lowest BCUT2D eigenvalue weighted by atomic mass is 10.2. The Morgan fingerprint density at radius 3 is 2.85 bits per heavy atom. The molecule has 0 saturated carbocycles. The molecule has 0 aliphatic carbocycles. The van der Waals surface area contributed by atoms with E-state index in [0.29, 0.717) is 22.9 Å². The summed E-state index contributed by atoms with van der Waals surface area (Å²) in [5.41, 5.74) is 0.384. The smallest absolute Gasteiger partial charge is 0.255 e. The van der Waals surface area contributed by atoms with E-state index in [0.717, 1.165) is 5.76 Å². The number of pyridine rings is 1. The summed E-state index contributed by atoms with van der Waals surface area (Å²) in [6.45, 7) is 2.22. The fraction of sp³-hybridized carbons (Fsp3) is 0.286. The zero-order chi connectivity index (χ0) is 14.5. The van der Waals surface area contributed by atoms with Gasteiger partial charge in [0, 0.05) is 18.9 Å². The normalized spacial score (nSPS) is 10.6. The van der Waals surface area contributed by atoms with Crippen molar-refractivity contribution in [1.82, 2.24) is 9.88 Å². The van der Waals surface area contributed by atoms with Crippen molar-refractivity contribution < 1.29 is 14.3 Å². The van der Waals surface area contributed by atoms with Crippen LogP contribution in [0.3, 0.4) is 0 Å². The number of hydrogen-bond acceptors (Lipinski definition) is 4. The van der Waals surface area contributed by atoms with E-state index < -0.39 is 0 Å². The molecular weight excluding hydrogens is 280 g/mol. The molecule has 6 heteroatoms. The van der Waals surface area contributed by atoms with Gasteiger partial charge in [-0.15, -0.1) is 0 Å². The second-order valence-electron chi connectivity index (χ2n) is 4.35. The highest BCUT2D eigenvalue weighted by Gasteiger charge is 2.17. The van der Waals surface area contributed by atoms with Gasteiger partial charge in [-0.05, 0) is 25.1 Å². The van der Waals surface area contributed by atoms with E-state index in [2.05, 4.69) is 4.98 Å². The molecule has 2 aromatic heterocycles. The summed E-state index contributed by atoms with van der Waals surface area (Å²) in [4.78, 5) is 17.8. The third-order valence-corrected chi connectivity index (χ3v) is 2.96. The van der Waals surface area contributed by atoms with E-state index in [1.807, 2.05) is 19.1 Å². The maximum atomic E-state index is 12.4. The van der Waals surface area contributed by atoms with Crippen molar-refractivity contribution in [3.05, 3.63) is 52.7 Å². The molecule has 0 unspecified atom stereocenters. The third kappa shape index (κ3) is 3.59. The number of aliphatic hydroxyl groups is 1. The van der Waals surface area contributed by atoms with Gasteiger partial charge in [0.2, 0.25) is 0 Å². The van der Waals surface area contributed by atoms with Crippen LogP contribution in [0.15, 0.2) is 35.0 Å². The number of carbonyl (C=O) groups is 1. The molecule has 106 valence electrons. The minimum Gasteiger partial charge on any atom is -0.464 e. The summed E-state index contributed by atoms with van der Waals surface area (Å²) < 4.78 is 5.45. The van der Waals surface area contributed by atoms with Gasteiger partial charge < -0.3 is 14.4 Å². The standard InChI is InChI=1S/C14H15ClN2O3/c1-10-2-3-13(20-10)9-17(4-5-18)14(19)11-6-12(15)8-16-7-11/h2-3,6-8,18H,4-5,9H2,1H3. The Labute approximate surface area is 121 Å². The largest absolute Gasteiger partial charge is 0.464 e. The van der Waals surface area contributed by atoms with Gasteiger partial charge in [-0.3, -0.25) is 9.78 Å². The van der Waals surface area contributed by atoms with Crippen LogP contribution in [-0.2, 0) is 6.54 Å². The number of halogens is 1. The number of furan rings is 1. The molecule has 20 heavy (non-hydrogen) atoms. The van der Waals surface area contributed by atoms with Crippen LogP contribution in [0.5, 0.6) is 0 Å². The van der Waals surface area contributed by atoms with Gasteiger partial charge in [0.1, 0.15) is 11.5 Å². The highest BCUT2D eigenvalue weighted by molar-refractivity contribution is 6.30. The Bertz CT molecular complexity index is 598. The molecule has 0 aromatic carbocycles. The molecule has 0 fully saturated rings. The van der Waals surface area contributed by atoms with Crippen molar-refractivity contribution in [1.29, 1.82) is 0 Å². The highest BCUT2D eigenvalue weighted by atomic mass is 35.5. The van der Waals surface area contributed by atoms with Gasteiger partial charge in [-0.25, -0.2) is 0 Å². The summed E-state index contributed by atoms with van der Waals surface area (Å²) in [6.07, 6.45) is 2.91. The van der Waals surface area contributed by atoms with Crippen LogP contribution in [0, 0.1) is 6.92 Å². The molecular formula is C14H15ClN2O3. The first-order valence-electron chi connectivity index (χ1n) is 6.16. The zero-order valence-corrected chi connectivity index (χ0v) is 11.8. The first-order valence-corrected chi connectivity index (χ1v) is 6.54. The predicted molar refractivity (Wildman–Crippen MR) is 74.5 cm³/mol. The second-order valence-corrected chi connectivity index (χ2v) is 4.79. The number of aryl methyl sites for hydroxylation is 1. The van der Waals surface area contributed by atoms with Gasteiger partial charge in [-0.2, -0.15) is 0 Å². The van der Waals surface area contributed by atoms with Crippen molar-refractivity contribution in [2.75, 3.05) is 13.2 Å². The van der Waals surface area contributed by atoms with Gasteiger partial charge in [0.15, 0.2) is 0 Å². The summed E-state index contributed by atoms with van der Waals surface area (Å²) >= 11 is 5.83. The molecule has 0 aliphatic heterocycles. The molecule has 0 saturated heterocycles. The van der Waals surface area contributed by atoms with E-state index in [-0.39, 0.29) is 19.1 Å². The van der Waals surface area contributed by atoms with Crippen LogP contribution in [0.4, 0.5) is 0 Å². The van der Waals surface area contributed by atoms with Crippen molar-refractivity contribution in [3.8, 4) is 0 Å². The van der Waals surface area contributed by atoms with Gasteiger partial charge in [0.25, 0.3) is 5.91 Å². The van der Waals surface area contributed by atoms with Gasteiger partial charge in [0.05, 0.1) is 23.7 Å². The monoisotopic (exact) mass is 294 g/mol. The average Bonchev–Trinajstić information content (AvgIpc) is 2.83. The van der Waals surface area contributed by atoms with Crippen LogP contribution >= 0.6 is 11.6 Å². The molecule has 1 N–H and O–H groups in total. The Morgan fingerprint density at radius 1 is 1.45 bits per heavy atom. The number of rotatable bonds is 5. The molecule has 0 radical (unpaired) electrons. The fourth-order valence-corrected chi connectivity index (χ4v) is 2.02. The van der Waals surface area contributed by atoms with Gasteiger partial charge in [-0.1, -0.05) is 11.6 Å². The number of nitrogens with zero attached hydrogens (tertiary/aromatic N) is 2. The summed E-state index contributed by atoms with van der Waals surface area (Å²) in [6, 6.07) is 5.19. The van der Waals surface area contributed by atoms with Crippen molar-refractivity contribution in [2.24, 2.45) is 0 Å². The van der Waals surface area contributed by atoms with Gasteiger partial charge >= 0.3 is 0 Å². The highest BCUT2D eigenvalue weighted by Crippen LogP contribution is 2.14. The van der Waals surface area contributed by atoms with E-state index in [1.165, 1.54) is 17.3 Å². The van der Waals surface area contributed by atoms with E-state index in [4.69, 9.17) is 21.1 Å². The zero-order valence-electron chi connectivity index (χ0n) is 11.0. The van der Waals surface area contributed by atoms with Crippen LogP contribution < -0.4 is 0 Å². The lowest BCUT2D eigenvalue weighted by Gasteiger charge is -2.20. The lowest BCUT2D eigenvalue weighted by Crippen LogP contribution is -2.33. The molecule has 5 nitrogen and oxygen atoms in total. The SMILES string of the molecule is Cc1ccc(CN(CCO)C(=O)c2cncc(Cl)c2)o1. The molecule has 0 spiro atoms. The maximum absolute atomic E-state index is 12.4. The first-order chi connectivity index (χ1) is 9.60. The molecule has 0 bridgehead atoms. The molecule has 2 rings (SSSR count). The topological polar surface area (TPSA) is 66.6 Å². The van der Waals surface area contributed by atoms with Crippen molar-refractivity contribution in [3.63, 3.8) is 0 Å². The Morgan fingerprint density at radius 2 is 2.25 bits per heavy atom. The minimum absolute atomic E-state index is 0.126. The summed E-state index contributed by atoms with van der Waals surface area (Å²) in [7, 11) is 0. The average molecular weight is 295 g/mol. The predicted octanol–water partition coefficient (Wildman–Crippen LogP) is 2.27. The third-order valence-electron chi connectivity index (χ3n) is 2.75. The van der Waals surface area contributed by atoms with Crippen LogP contribution in [0.25, 0.3) is 0 Å². The number of aliphatic hydroxyl groups excluding tert-OH is 1. The fourth-order valence-electron chi connectivity index (χ4n) is 1.84. The Kier molecular flexibility index (Phi) is 4.76. The van der Waals surface area contributed by atoms with E-state index in [1.54, 1.807) is 6.07 Å². The van der Waals surface area contributed by atoms with Crippen LogP contribution in [0.2, 0.25) is 5.02 Å². The second kappa shape index (κ2) is 6.54. The Balaban J connectivity index is 2.17. The summed E-state index contributed by atoms with van der Waals surface area (Å²) in [5.74, 6) is 1.20. The first kappa shape index (κ1) is 14.6. The molecule has 2 heterocycles. The number of amides is 1.